The van der Waals surface area contributed by atoms with Crippen molar-refractivity contribution in [1.82, 2.24) is 15.0 Å². The molecule has 1 aliphatic carbocycles. The van der Waals surface area contributed by atoms with Crippen molar-refractivity contribution >= 4 is 27.4 Å². The Morgan fingerprint density at radius 2 is 2.21 bits per heavy atom. The molecule has 6 nitrogen and oxygen atoms in total. The fourth-order valence-corrected chi connectivity index (χ4v) is 3.93. The second-order valence-corrected chi connectivity index (χ2v) is 6.94. The van der Waals surface area contributed by atoms with Gasteiger partial charge in [-0.25, -0.2) is 9.97 Å². The van der Waals surface area contributed by atoms with E-state index < -0.39 is 0 Å². The molecule has 4 rings (SSSR count). The third-order valence-corrected chi connectivity index (χ3v) is 5.40. The minimum absolute atomic E-state index is 0.0243. The fourth-order valence-electron chi connectivity index (χ4n) is 3.13. The smallest absolute Gasteiger partial charge is 0.147 e. The summed E-state index contributed by atoms with van der Waals surface area (Å²) in [5.41, 5.74) is 1.98. The molecule has 0 saturated heterocycles. The lowest BCUT2D eigenvalue weighted by molar-refractivity contribution is 0.0339. The van der Waals surface area contributed by atoms with E-state index in [1.807, 2.05) is 23.7 Å². The van der Waals surface area contributed by atoms with Gasteiger partial charge < -0.3 is 15.2 Å². The van der Waals surface area contributed by atoms with Crippen LogP contribution in [0.25, 0.3) is 10.2 Å². The van der Waals surface area contributed by atoms with Crippen LogP contribution in [0.5, 0.6) is 5.75 Å². The van der Waals surface area contributed by atoms with Crippen molar-refractivity contribution in [2.75, 3.05) is 12.4 Å². The molecule has 1 atom stereocenters. The minimum atomic E-state index is -0.218. The lowest BCUT2D eigenvalue weighted by atomic mass is 9.75. The molecule has 0 radical (unpaired) electrons. The number of rotatable bonds is 5. The zero-order valence-corrected chi connectivity index (χ0v) is 14.0. The third kappa shape index (κ3) is 2.81. The van der Waals surface area contributed by atoms with Crippen LogP contribution in [-0.2, 0) is 0 Å². The van der Waals surface area contributed by atoms with Crippen molar-refractivity contribution in [3.8, 4) is 5.75 Å². The van der Waals surface area contributed by atoms with Crippen LogP contribution < -0.4 is 10.1 Å². The first-order chi connectivity index (χ1) is 11.7. The number of pyridine rings is 1. The normalized spacial score (nSPS) is 21.2. The Kier molecular flexibility index (Phi) is 4.03. The van der Waals surface area contributed by atoms with Crippen molar-refractivity contribution in [2.24, 2.45) is 5.92 Å². The van der Waals surface area contributed by atoms with Gasteiger partial charge in [-0.3, -0.25) is 4.98 Å². The van der Waals surface area contributed by atoms with Crippen LogP contribution >= 0.6 is 11.3 Å². The highest BCUT2D eigenvalue weighted by molar-refractivity contribution is 7.17. The standard InChI is InChI=1S/C17H18N4O2S/c1-23-13-6-11(7-18-8-13)15(10-4-12(22)5-10)21-17-16-14(2-3-24-16)19-9-20-17/h2-3,6-10,12,15,22H,4-5H2,1H3,(H,19,20,21)/t10?,12?,15-/m1/s1. The van der Waals surface area contributed by atoms with Gasteiger partial charge in [0.15, 0.2) is 0 Å². The first kappa shape index (κ1) is 15.3. The van der Waals surface area contributed by atoms with Crippen molar-refractivity contribution in [1.29, 1.82) is 0 Å². The molecule has 7 heteroatoms. The van der Waals surface area contributed by atoms with Crippen LogP contribution in [0, 0.1) is 5.92 Å². The zero-order chi connectivity index (χ0) is 16.5. The first-order valence-electron chi connectivity index (χ1n) is 7.86. The van der Waals surface area contributed by atoms with E-state index in [2.05, 4.69) is 20.3 Å². The maximum absolute atomic E-state index is 9.73. The summed E-state index contributed by atoms with van der Waals surface area (Å²) in [5.74, 6) is 1.88. The van der Waals surface area contributed by atoms with Gasteiger partial charge in [-0.15, -0.1) is 11.3 Å². The van der Waals surface area contributed by atoms with Crippen LogP contribution in [0.3, 0.4) is 0 Å². The van der Waals surface area contributed by atoms with Gasteiger partial charge in [-0.1, -0.05) is 0 Å². The summed E-state index contributed by atoms with van der Waals surface area (Å²) < 4.78 is 6.34. The van der Waals surface area contributed by atoms with Crippen LogP contribution in [0.2, 0.25) is 0 Å². The summed E-state index contributed by atoms with van der Waals surface area (Å²) in [5, 5.41) is 15.3. The Hall–Kier alpha value is -2.25. The van der Waals surface area contributed by atoms with E-state index in [0.717, 1.165) is 40.2 Å². The number of ether oxygens (including phenoxy) is 1. The van der Waals surface area contributed by atoms with E-state index in [1.165, 1.54) is 0 Å². The SMILES string of the molecule is COc1cncc([C@H](Nc2ncnc3ccsc23)C2CC(O)C2)c1. The number of nitrogens with one attached hydrogen (secondary N) is 1. The van der Waals surface area contributed by atoms with Gasteiger partial charge in [0.25, 0.3) is 0 Å². The first-order valence-corrected chi connectivity index (χ1v) is 8.74. The number of hydrogen-bond acceptors (Lipinski definition) is 7. The fraction of sp³-hybridized carbons (Fsp3) is 0.353. The van der Waals surface area contributed by atoms with E-state index >= 15 is 0 Å². The number of fused-ring (bicyclic) bond motifs is 1. The summed E-state index contributed by atoms with van der Waals surface area (Å²) in [6.45, 7) is 0. The molecule has 3 aromatic rings. The van der Waals surface area contributed by atoms with Crippen molar-refractivity contribution in [3.63, 3.8) is 0 Å². The quantitative estimate of drug-likeness (QED) is 0.742. The maximum Gasteiger partial charge on any atom is 0.147 e. The molecular formula is C17H18N4O2S. The maximum atomic E-state index is 9.73. The van der Waals surface area contributed by atoms with Gasteiger partial charge >= 0.3 is 0 Å². The van der Waals surface area contributed by atoms with Crippen molar-refractivity contribution in [3.05, 3.63) is 41.8 Å². The topological polar surface area (TPSA) is 80.2 Å². The summed E-state index contributed by atoms with van der Waals surface area (Å²) in [6, 6.07) is 4.00. The molecule has 1 fully saturated rings. The van der Waals surface area contributed by atoms with Crippen molar-refractivity contribution < 1.29 is 9.84 Å². The lowest BCUT2D eigenvalue weighted by Crippen LogP contribution is -2.36. The average Bonchev–Trinajstić information content (AvgIpc) is 3.07. The molecule has 0 aromatic carbocycles. The molecule has 0 spiro atoms. The third-order valence-electron chi connectivity index (χ3n) is 4.49. The largest absolute Gasteiger partial charge is 0.495 e. The number of aromatic nitrogens is 3. The van der Waals surface area contributed by atoms with Gasteiger partial charge in [0.1, 0.15) is 17.9 Å². The monoisotopic (exact) mass is 342 g/mol. The number of thiophene rings is 1. The zero-order valence-electron chi connectivity index (χ0n) is 13.2. The summed E-state index contributed by atoms with van der Waals surface area (Å²) in [7, 11) is 1.63. The molecule has 0 unspecified atom stereocenters. The Morgan fingerprint density at radius 1 is 1.33 bits per heavy atom. The second kappa shape index (κ2) is 6.33. The van der Waals surface area contributed by atoms with Gasteiger partial charge in [-0.2, -0.15) is 0 Å². The van der Waals surface area contributed by atoms with Crippen LogP contribution in [-0.4, -0.2) is 33.3 Å². The van der Waals surface area contributed by atoms with Crippen LogP contribution in [0.1, 0.15) is 24.4 Å². The second-order valence-electron chi connectivity index (χ2n) is 6.02. The Labute approximate surface area is 143 Å². The number of nitrogens with zero attached hydrogens (tertiary/aromatic N) is 3. The highest BCUT2D eigenvalue weighted by Crippen LogP contribution is 2.41. The molecule has 1 saturated carbocycles. The van der Waals surface area contributed by atoms with E-state index in [4.69, 9.17) is 4.74 Å². The number of aliphatic hydroxyl groups excluding tert-OH is 1. The van der Waals surface area contributed by atoms with E-state index in [0.29, 0.717) is 5.92 Å². The lowest BCUT2D eigenvalue weighted by Gasteiger charge is -2.38. The summed E-state index contributed by atoms with van der Waals surface area (Å²) in [4.78, 5) is 13.0. The van der Waals surface area contributed by atoms with Gasteiger partial charge in [0.2, 0.25) is 0 Å². The minimum Gasteiger partial charge on any atom is -0.495 e. The van der Waals surface area contributed by atoms with Crippen LogP contribution in [0.15, 0.2) is 36.2 Å². The molecule has 0 aliphatic heterocycles. The van der Waals surface area contributed by atoms with Crippen molar-refractivity contribution in [2.45, 2.75) is 25.0 Å². The number of methoxy groups -OCH3 is 1. The molecule has 2 N–H and O–H groups in total. The predicted octanol–water partition coefficient (Wildman–Crippen LogP) is 3.02. The van der Waals surface area contributed by atoms with E-state index in [-0.39, 0.29) is 12.1 Å². The molecule has 1 aliphatic rings. The molecule has 24 heavy (non-hydrogen) atoms. The summed E-state index contributed by atoms with van der Waals surface area (Å²) >= 11 is 1.62. The Balaban J connectivity index is 1.69. The average molecular weight is 342 g/mol. The predicted molar refractivity (Wildman–Crippen MR) is 93.3 cm³/mol. The van der Waals surface area contributed by atoms with E-state index in [9.17, 15) is 5.11 Å². The summed E-state index contributed by atoms with van der Waals surface area (Å²) in [6.07, 6.45) is 6.44. The van der Waals surface area contributed by atoms with Gasteiger partial charge in [0.05, 0.1) is 35.7 Å². The van der Waals surface area contributed by atoms with Gasteiger partial charge in [-0.05, 0) is 41.8 Å². The van der Waals surface area contributed by atoms with E-state index in [1.54, 1.807) is 31.0 Å². The molecule has 3 heterocycles. The molecule has 0 bridgehead atoms. The molecule has 124 valence electrons. The van der Waals surface area contributed by atoms with Crippen LogP contribution in [0.4, 0.5) is 5.82 Å². The highest BCUT2D eigenvalue weighted by Gasteiger charge is 2.35. The number of aliphatic hydroxyl groups is 1. The number of hydrogen-bond donors (Lipinski definition) is 2. The number of anilines is 1. The molecule has 3 aromatic heterocycles. The Bertz CT molecular complexity index is 847. The molecular weight excluding hydrogens is 324 g/mol. The molecule has 0 amide bonds. The highest BCUT2D eigenvalue weighted by atomic mass is 32.1. The Morgan fingerprint density at radius 3 is 3.00 bits per heavy atom. The van der Waals surface area contributed by atoms with Gasteiger partial charge in [0, 0.05) is 6.20 Å².